The summed E-state index contributed by atoms with van der Waals surface area (Å²) in [5.74, 6) is -1.58. The third-order valence-electron chi connectivity index (χ3n) is 3.10. The summed E-state index contributed by atoms with van der Waals surface area (Å²) in [6.45, 7) is 0. The van der Waals surface area contributed by atoms with Crippen LogP contribution in [0, 0.1) is 11.6 Å². The topological polar surface area (TPSA) is 12.9 Å². The molecule has 1 heterocycles. The molecular formula is C15H7ClF5NS2. The second-order valence-corrected chi connectivity index (χ2v) is 7.48. The van der Waals surface area contributed by atoms with Crippen LogP contribution in [-0.4, -0.2) is 4.98 Å². The molecule has 0 fully saturated rings. The number of thiazole rings is 1. The lowest BCUT2D eigenvalue weighted by molar-refractivity contribution is -0.137. The fourth-order valence-electron chi connectivity index (χ4n) is 1.97. The zero-order valence-electron chi connectivity index (χ0n) is 11.6. The first-order chi connectivity index (χ1) is 11.2. The van der Waals surface area contributed by atoms with E-state index in [1.807, 2.05) is 0 Å². The van der Waals surface area contributed by atoms with E-state index in [2.05, 4.69) is 4.98 Å². The zero-order chi connectivity index (χ0) is 17.5. The van der Waals surface area contributed by atoms with E-state index in [1.165, 1.54) is 17.8 Å². The highest BCUT2D eigenvalue weighted by Crippen LogP contribution is 2.39. The number of hydrogen-bond donors (Lipinski definition) is 0. The lowest BCUT2D eigenvalue weighted by Crippen LogP contribution is -2.04. The first-order valence-electron chi connectivity index (χ1n) is 6.48. The van der Waals surface area contributed by atoms with Crippen molar-refractivity contribution in [2.45, 2.75) is 16.3 Å². The van der Waals surface area contributed by atoms with Gasteiger partial charge in [-0.3, -0.25) is 0 Å². The molecule has 0 saturated carbocycles. The Kier molecular flexibility index (Phi) is 4.72. The van der Waals surface area contributed by atoms with E-state index in [1.54, 1.807) is 0 Å². The molecule has 0 N–H and O–H groups in total. The predicted molar refractivity (Wildman–Crippen MR) is 85.6 cm³/mol. The summed E-state index contributed by atoms with van der Waals surface area (Å²) in [6, 6.07) is 5.38. The fourth-order valence-corrected chi connectivity index (χ4v) is 4.36. The number of halogens is 6. The van der Waals surface area contributed by atoms with Gasteiger partial charge in [0.25, 0.3) is 0 Å². The van der Waals surface area contributed by atoms with Crippen LogP contribution in [0.2, 0.25) is 5.02 Å². The van der Waals surface area contributed by atoms with Gasteiger partial charge in [-0.1, -0.05) is 29.4 Å². The van der Waals surface area contributed by atoms with Crippen molar-refractivity contribution in [1.29, 1.82) is 0 Å². The van der Waals surface area contributed by atoms with Crippen molar-refractivity contribution in [3.8, 4) is 0 Å². The third-order valence-corrected chi connectivity index (χ3v) is 5.61. The Morgan fingerprint density at radius 1 is 1.08 bits per heavy atom. The second-order valence-electron chi connectivity index (χ2n) is 4.82. The summed E-state index contributed by atoms with van der Waals surface area (Å²) in [6.07, 6.45) is -4.49. The number of hydrogen-bond acceptors (Lipinski definition) is 3. The first kappa shape index (κ1) is 17.4. The van der Waals surface area contributed by atoms with Gasteiger partial charge in [0.15, 0.2) is 16.0 Å². The van der Waals surface area contributed by atoms with E-state index in [4.69, 9.17) is 11.6 Å². The van der Waals surface area contributed by atoms with Crippen molar-refractivity contribution in [1.82, 2.24) is 4.98 Å². The molecule has 0 saturated heterocycles. The lowest BCUT2D eigenvalue weighted by atomic mass is 10.2. The van der Waals surface area contributed by atoms with Gasteiger partial charge in [-0.05, 0) is 29.8 Å². The Labute approximate surface area is 146 Å². The molecule has 0 atom stereocenters. The number of thioether (sulfide) groups is 1. The molecule has 0 aliphatic rings. The quantitative estimate of drug-likeness (QED) is 0.369. The van der Waals surface area contributed by atoms with E-state index in [-0.39, 0.29) is 5.02 Å². The van der Waals surface area contributed by atoms with Crippen molar-refractivity contribution in [2.24, 2.45) is 0 Å². The smallest absolute Gasteiger partial charge is 0.228 e. The molecule has 0 amide bonds. The lowest BCUT2D eigenvalue weighted by Gasteiger charge is -2.06. The molecule has 0 aliphatic heterocycles. The Bertz CT molecular complexity index is 907. The minimum absolute atomic E-state index is 0.0734. The summed E-state index contributed by atoms with van der Waals surface area (Å²) in [5, 5.41) is -0.0734. The Hall–Kier alpha value is -1.38. The van der Waals surface area contributed by atoms with Crippen molar-refractivity contribution in [3.63, 3.8) is 0 Å². The highest BCUT2D eigenvalue weighted by molar-refractivity contribution is 8.00. The fraction of sp³-hybridized carbons (Fsp3) is 0.133. The van der Waals surface area contributed by atoms with E-state index in [9.17, 15) is 22.0 Å². The van der Waals surface area contributed by atoms with Crippen LogP contribution in [0.1, 0.15) is 11.1 Å². The summed E-state index contributed by atoms with van der Waals surface area (Å²) in [7, 11) is 0. The summed E-state index contributed by atoms with van der Waals surface area (Å²) in [5.41, 5.74) is 0.00323. The third kappa shape index (κ3) is 3.65. The number of rotatable bonds is 3. The number of nitrogens with zero attached hydrogens (tertiary/aromatic N) is 1. The summed E-state index contributed by atoms with van der Waals surface area (Å²) >= 11 is 8.16. The number of alkyl halides is 3. The minimum atomic E-state index is -4.49. The number of aromatic nitrogens is 1. The van der Waals surface area contributed by atoms with Gasteiger partial charge in [-0.15, -0.1) is 11.3 Å². The van der Waals surface area contributed by atoms with Gasteiger partial charge in [0.2, 0.25) is 0 Å². The van der Waals surface area contributed by atoms with Crippen LogP contribution in [0.15, 0.2) is 34.7 Å². The van der Waals surface area contributed by atoms with Gasteiger partial charge in [0.1, 0.15) is 5.52 Å². The molecule has 0 bridgehead atoms. The molecular weight excluding hydrogens is 389 g/mol. The van der Waals surface area contributed by atoms with Crippen LogP contribution < -0.4 is 0 Å². The average molecular weight is 396 g/mol. The molecule has 0 unspecified atom stereocenters. The van der Waals surface area contributed by atoms with Gasteiger partial charge in [0.05, 0.1) is 15.3 Å². The van der Waals surface area contributed by atoms with Crippen LogP contribution in [0.3, 0.4) is 0 Å². The molecule has 0 spiro atoms. The molecule has 126 valence electrons. The van der Waals surface area contributed by atoms with Crippen molar-refractivity contribution in [3.05, 3.63) is 58.1 Å². The zero-order valence-corrected chi connectivity index (χ0v) is 14.0. The molecule has 0 radical (unpaired) electrons. The predicted octanol–water partition coefficient (Wildman–Crippen LogP) is 6.54. The first-order valence-corrected chi connectivity index (χ1v) is 8.66. The van der Waals surface area contributed by atoms with E-state index in [0.29, 0.717) is 25.9 Å². The molecule has 1 nitrogen and oxygen atoms in total. The number of benzene rings is 2. The normalized spacial score (nSPS) is 12.1. The molecule has 24 heavy (non-hydrogen) atoms. The molecule has 2 aromatic carbocycles. The largest absolute Gasteiger partial charge is 0.416 e. The highest BCUT2D eigenvalue weighted by atomic mass is 35.5. The van der Waals surface area contributed by atoms with Crippen molar-refractivity contribution >= 4 is 44.9 Å². The van der Waals surface area contributed by atoms with Gasteiger partial charge in [0, 0.05) is 5.75 Å². The van der Waals surface area contributed by atoms with Crippen LogP contribution in [0.4, 0.5) is 22.0 Å². The Morgan fingerprint density at radius 3 is 2.50 bits per heavy atom. The van der Waals surface area contributed by atoms with Crippen LogP contribution in [0.5, 0.6) is 0 Å². The maximum atomic E-state index is 13.2. The van der Waals surface area contributed by atoms with Crippen LogP contribution in [-0.2, 0) is 11.9 Å². The molecule has 3 aromatic rings. The van der Waals surface area contributed by atoms with Gasteiger partial charge < -0.3 is 0 Å². The van der Waals surface area contributed by atoms with Gasteiger partial charge >= 0.3 is 6.18 Å². The Balaban J connectivity index is 1.85. The van der Waals surface area contributed by atoms with E-state index < -0.39 is 23.4 Å². The Morgan fingerprint density at radius 2 is 1.83 bits per heavy atom. The van der Waals surface area contributed by atoms with Gasteiger partial charge in [-0.25, -0.2) is 13.8 Å². The molecule has 9 heteroatoms. The van der Waals surface area contributed by atoms with Crippen molar-refractivity contribution < 1.29 is 22.0 Å². The van der Waals surface area contributed by atoms with E-state index in [0.717, 1.165) is 35.6 Å². The second kappa shape index (κ2) is 6.50. The monoisotopic (exact) mass is 395 g/mol. The van der Waals surface area contributed by atoms with Crippen molar-refractivity contribution in [2.75, 3.05) is 0 Å². The van der Waals surface area contributed by atoms with Gasteiger partial charge in [-0.2, -0.15) is 13.2 Å². The maximum Gasteiger partial charge on any atom is 0.416 e. The average Bonchev–Trinajstić information content (AvgIpc) is 2.91. The summed E-state index contributed by atoms with van der Waals surface area (Å²) in [4.78, 5) is 4.20. The molecule has 3 rings (SSSR count). The molecule has 0 aliphatic carbocycles. The summed E-state index contributed by atoms with van der Waals surface area (Å²) < 4.78 is 65.2. The van der Waals surface area contributed by atoms with Crippen LogP contribution >= 0.6 is 34.7 Å². The van der Waals surface area contributed by atoms with Crippen LogP contribution in [0.25, 0.3) is 10.2 Å². The number of fused-ring (bicyclic) bond motifs is 1. The molecule has 1 aromatic heterocycles. The SMILES string of the molecule is Fc1ccc(CSc2nc3c(Cl)cc(C(F)(F)F)cc3s2)cc1F. The highest BCUT2D eigenvalue weighted by Gasteiger charge is 2.31. The van der Waals surface area contributed by atoms with E-state index >= 15 is 0 Å². The minimum Gasteiger partial charge on any atom is -0.228 e. The maximum absolute atomic E-state index is 13.2. The standard InChI is InChI=1S/C15H7ClF5NS2/c16-9-4-8(15(19,20)21)5-12-13(9)22-14(24-12)23-6-7-1-2-10(17)11(18)3-7/h1-5H,6H2.